The van der Waals surface area contributed by atoms with E-state index in [-0.39, 0.29) is 5.91 Å². The molecule has 1 fully saturated rings. The summed E-state index contributed by atoms with van der Waals surface area (Å²) in [5.41, 5.74) is 1.14. The lowest BCUT2D eigenvalue weighted by atomic mass is 10.2. The zero-order valence-corrected chi connectivity index (χ0v) is 14.8. The van der Waals surface area contributed by atoms with Crippen LogP contribution in [-0.2, 0) is 4.79 Å². The molecule has 118 valence electrons. The maximum absolute atomic E-state index is 12.7. The summed E-state index contributed by atoms with van der Waals surface area (Å²) in [4.78, 5) is 15.9. The van der Waals surface area contributed by atoms with Gasteiger partial charge in [-0.05, 0) is 58.5 Å². The minimum absolute atomic E-state index is 0.199. The number of likely N-dealkylation sites (N-methyl/N-ethyl adjacent to an activating group) is 1. The van der Waals surface area contributed by atoms with E-state index in [0.717, 1.165) is 10.2 Å². The topological polar surface area (TPSA) is 45.9 Å². The molecule has 1 aliphatic heterocycles. The first-order valence-corrected chi connectivity index (χ1v) is 7.93. The number of carbonyl (C=O) groups excluding carboxylic acids is 1. The standard InChI is InChI=1S/C16H13BrN2O3S/c1-18-14(8-13-7-10(17)9-22-13)15(20)19(16(18)23)11-3-5-12(21-2)6-4-11/h3-9H,1-2H3. The number of thiocarbonyl (C=S) groups is 1. The monoisotopic (exact) mass is 392 g/mol. The summed E-state index contributed by atoms with van der Waals surface area (Å²) in [6, 6.07) is 8.95. The highest BCUT2D eigenvalue weighted by Crippen LogP contribution is 2.29. The van der Waals surface area contributed by atoms with E-state index in [9.17, 15) is 4.79 Å². The first-order valence-electron chi connectivity index (χ1n) is 6.73. The minimum Gasteiger partial charge on any atom is -0.497 e. The lowest BCUT2D eigenvalue weighted by molar-refractivity contribution is -0.114. The van der Waals surface area contributed by atoms with Crippen molar-refractivity contribution < 1.29 is 13.9 Å². The summed E-state index contributed by atoms with van der Waals surface area (Å²) < 4.78 is 11.3. The molecule has 1 saturated heterocycles. The van der Waals surface area contributed by atoms with Gasteiger partial charge in [-0.3, -0.25) is 9.69 Å². The van der Waals surface area contributed by atoms with Gasteiger partial charge in [-0.25, -0.2) is 0 Å². The third-order valence-electron chi connectivity index (χ3n) is 3.46. The van der Waals surface area contributed by atoms with Gasteiger partial charge in [-0.15, -0.1) is 0 Å². The molecule has 0 atom stereocenters. The van der Waals surface area contributed by atoms with Crippen molar-refractivity contribution in [3.63, 3.8) is 0 Å². The van der Waals surface area contributed by atoms with Crippen molar-refractivity contribution >= 4 is 50.9 Å². The Labute approximate surface area is 147 Å². The van der Waals surface area contributed by atoms with E-state index in [1.165, 1.54) is 4.90 Å². The molecule has 0 bridgehead atoms. The van der Waals surface area contributed by atoms with E-state index in [0.29, 0.717) is 22.3 Å². The third-order valence-corrected chi connectivity index (χ3v) is 4.33. The highest BCUT2D eigenvalue weighted by molar-refractivity contribution is 9.10. The Morgan fingerprint density at radius 2 is 2.00 bits per heavy atom. The van der Waals surface area contributed by atoms with Crippen molar-refractivity contribution in [3.8, 4) is 5.75 Å². The summed E-state index contributed by atoms with van der Waals surface area (Å²) >= 11 is 8.72. The lowest BCUT2D eigenvalue weighted by Gasteiger charge is -2.16. The van der Waals surface area contributed by atoms with Crippen molar-refractivity contribution in [2.75, 3.05) is 19.1 Å². The molecule has 1 amide bonds. The molecule has 2 heterocycles. The number of anilines is 1. The largest absolute Gasteiger partial charge is 0.497 e. The van der Waals surface area contributed by atoms with Crippen LogP contribution in [0.15, 0.2) is 51.2 Å². The Morgan fingerprint density at radius 3 is 2.57 bits per heavy atom. The smallest absolute Gasteiger partial charge is 0.281 e. The van der Waals surface area contributed by atoms with E-state index >= 15 is 0 Å². The molecule has 1 aromatic carbocycles. The van der Waals surface area contributed by atoms with Crippen molar-refractivity contribution in [1.29, 1.82) is 0 Å². The number of ether oxygens (including phenoxy) is 1. The molecule has 0 aliphatic carbocycles. The van der Waals surface area contributed by atoms with Crippen LogP contribution in [0.25, 0.3) is 6.08 Å². The number of nitrogens with zero attached hydrogens (tertiary/aromatic N) is 2. The van der Waals surface area contributed by atoms with Crippen molar-refractivity contribution in [3.05, 3.63) is 52.5 Å². The molecule has 5 nitrogen and oxygen atoms in total. The molecular formula is C16H13BrN2O3S. The lowest BCUT2D eigenvalue weighted by Crippen LogP contribution is -2.31. The third kappa shape index (κ3) is 2.89. The number of methoxy groups -OCH3 is 1. The average molecular weight is 393 g/mol. The number of amides is 1. The molecule has 0 N–H and O–H groups in total. The van der Waals surface area contributed by atoms with Gasteiger partial charge >= 0.3 is 0 Å². The van der Waals surface area contributed by atoms with Crippen LogP contribution in [0, 0.1) is 0 Å². The quantitative estimate of drug-likeness (QED) is 0.589. The normalized spacial score (nSPS) is 16.6. The highest BCUT2D eigenvalue weighted by atomic mass is 79.9. The van der Waals surface area contributed by atoms with Crippen molar-refractivity contribution in [2.45, 2.75) is 0 Å². The molecule has 0 spiro atoms. The maximum atomic E-state index is 12.7. The summed E-state index contributed by atoms with van der Waals surface area (Å²) in [5.74, 6) is 1.09. The van der Waals surface area contributed by atoms with Crippen molar-refractivity contribution in [1.82, 2.24) is 4.90 Å². The SMILES string of the molecule is COc1ccc(N2C(=O)C(=Cc3cc(Br)co3)N(C)C2=S)cc1. The van der Waals surface area contributed by atoms with Gasteiger partial charge in [0.15, 0.2) is 5.11 Å². The van der Waals surface area contributed by atoms with E-state index in [4.69, 9.17) is 21.4 Å². The van der Waals surface area contributed by atoms with Crippen LogP contribution in [0.3, 0.4) is 0 Å². The fourth-order valence-electron chi connectivity index (χ4n) is 2.25. The predicted molar refractivity (Wildman–Crippen MR) is 95.2 cm³/mol. The number of hydrogen-bond donors (Lipinski definition) is 0. The molecule has 7 heteroatoms. The van der Waals surface area contributed by atoms with Crippen LogP contribution in [0.2, 0.25) is 0 Å². The van der Waals surface area contributed by atoms with E-state index in [2.05, 4.69) is 15.9 Å². The molecule has 2 aromatic rings. The van der Waals surface area contributed by atoms with Gasteiger partial charge in [-0.1, -0.05) is 0 Å². The molecule has 0 saturated carbocycles. The van der Waals surface area contributed by atoms with Gasteiger partial charge in [0.1, 0.15) is 23.5 Å². The maximum Gasteiger partial charge on any atom is 0.281 e. The Hall–Kier alpha value is -2.12. The fraction of sp³-hybridized carbons (Fsp3) is 0.125. The first kappa shape index (κ1) is 15.8. The molecule has 0 radical (unpaired) electrons. The molecular weight excluding hydrogens is 380 g/mol. The van der Waals surface area contributed by atoms with Gasteiger partial charge < -0.3 is 14.1 Å². The number of furan rings is 1. The van der Waals surface area contributed by atoms with Gasteiger partial charge in [0.25, 0.3) is 5.91 Å². The van der Waals surface area contributed by atoms with Gasteiger partial charge in [0, 0.05) is 13.1 Å². The molecule has 1 aromatic heterocycles. The minimum atomic E-state index is -0.199. The fourth-order valence-corrected chi connectivity index (χ4v) is 2.86. The summed E-state index contributed by atoms with van der Waals surface area (Å²) in [6.45, 7) is 0. The van der Waals surface area contributed by atoms with Crippen LogP contribution < -0.4 is 9.64 Å². The van der Waals surface area contributed by atoms with Gasteiger partial charge in [0.05, 0.1) is 17.3 Å². The van der Waals surface area contributed by atoms with Crippen LogP contribution >= 0.6 is 28.1 Å². The van der Waals surface area contributed by atoms with Crippen LogP contribution in [0.4, 0.5) is 5.69 Å². The van der Waals surface area contributed by atoms with Crippen LogP contribution in [0.1, 0.15) is 5.76 Å². The van der Waals surface area contributed by atoms with E-state index < -0.39 is 0 Å². The predicted octanol–water partition coefficient (Wildman–Crippen LogP) is 3.66. The van der Waals surface area contributed by atoms with Crippen LogP contribution in [0.5, 0.6) is 5.75 Å². The number of halogens is 1. The molecule has 23 heavy (non-hydrogen) atoms. The second kappa shape index (κ2) is 6.17. The van der Waals surface area contributed by atoms with E-state index in [1.54, 1.807) is 61.7 Å². The second-order valence-electron chi connectivity index (χ2n) is 4.88. The molecule has 0 unspecified atom stereocenters. The molecule has 3 rings (SSSR count). The number of carbonyl (C=O) groups is 1. The summed E-state index contributed by atoms with van der Waals surface area (Å²) in [7, 11) is 3.35. The van der Waals surface area contributed by atoms with Gasteiger partial charge in [-0.2, -0.15) is 0 Å². The number of rotatable bonds is 3. The van der Waals surface area contributed by atoms with Crippen molar-refractivity contribution in [2.24, 2.45) is 0 Å². The van der Waals surface area contributed by atoms with Gasteiger partial charge in [0.2, 0.25) is 0 Å². The first-order chi connectivity index (χ1) is 11.0. The number of hydrogen-bond acceptors (Lipinski definition) is 4. The molecule has 1 aliphatic rings. The number of benzene rings is 1. The Balaban J connectivity index is 1.95. The van der Waals surface area contributed by atoms with E-state index in [1.807, 2.05) is 0 Å². The second-order valence-corrected chi connectivity index (χ2v) is 6.16. The Kier molecular flexibility index (Phi) is 4.23. The summed E-state index contributed by atoms with van der Waals surface area (Å²) in [5, 5.41) is 0.414. The zero-order chi connectivity index (χ0) is 16.6. The zero-order valence-electron chi connectivity index (χ0n) is 12.4. The Morgan fingerprint density at radius 1 is 1.30 bits per heavy atom. The van der Waals surface area contributed by atoms with Crippen LogP contribution in [-0.4, -0.2) is 30.1 Å². The average Bonchev–Trinajstić information content (AvgIpc) is 3.05. The highest BCUT2D eigenvalue weighted by Gasteiger charge is 2.37. The summed E-state index contributed by atoms with van der Waals surface area (Å²) in [6.07, 6.45) is 3.23. The Bertz CT molecular complexity index is 798.